The first-order chi connectivity index (χ1) is 12.6. The SMILES string of the molecule is COc1ccc(Cl)cc1N(CC(=O)Nc1cccc(C(C)=O)c1)S(C)(=O)=O. The lowest BCUT2D eigenvalue weighted by Gasteiger charge is -2.24. The second kappa shape index (κ2) is 8.41. The summed E-state index contributed by atoms with van der Waals surface area (Å²) in [5.41, 5.74) is 0.976. The summed E-state index contributed by atoms with van der Waals surface area (Å²) < 4.78 is 30.6. The number of ether oxygens (including phenoxy) is 1. The number of rotatable bonds is 7. The highest BCUT2D eigenvalue weighted by atomic mass is 35.5. The van der Waals surface area contributed by atoms with Crippen LogP contribution in [0, 0.1) is 0 Å². The van der Waals surface area contributed by atoms with E-state index < -0.39 is 22.5 Å². The summed E-state index contributed by atoms with van der Waals surface area (Å²) >= 11 is 5.97. The standard InChI is InChI=1S/C18H19ClN2O5S/c1-12(22)13-5-4-6-15(9-13)20-18(23)11-21(27(3,24)25)16-10-14(19)7-8-17(16)26-2/h4-10H,11H2,1-3H3,(H,20,23). The van der Waals surface area contributed by atoms with Crippen molar-refractivity contribution in [3.63, 3.8) is 0 Å². The number of carbonyl (C=O) groups excluding carboxylic acids is 2. The minimum Gasteiger partial charge on any atom is -0.495 e. The Balaban J connectivity index is 2.30. The molecule has 1 N–H and O–H groups in total. The van der Waals surface area contributed by atoms with E-state index in [2.05, 4.69) is 5.32 Å². The van der Waals surface area contributed by atoms with Crippen LogP contribution in [0.25, 0.3) is 0 Å². The maximum absolute atomic E-state index is 12.4. The number of hydrogen-bond acceptors (Lipinski definition) is 5. The predicted octanol–water partition coefficient (Wildman–Crippen LogP) is 2.96. The zero-order valence-corrected chi connectivity index (χ0v) is 16.6. The Morgan fingerprint density at radius 3 is 2.48 bits per heavy atom. The van der Waals surface area contributed by atoms with Crippen molar-refractivity contribution in [2.45, 2.75) is 6.92 Å². The molecule has 0 saturated heterocycles. The molecule has 2 rings (SSSR count). The molecule has 0 aliphatic carbocycles. The molecule has 0 heterocycles. The highest BCUT2D eigenvalue weighted by Crippen LogP contribution is 2.32. The third-order valence-electron chi connectivity index (χ3n) is 3.65. The molecule has 0 saturated carbocycles. The monoisotopic (exact) mass is 410 g/mol. The number of methoxy groups -OCH3 is 1. The van der Waals surface area contributed by atoms with Gasteiger partial charge in [0.25, 0.3) is 0 Å². The quantitative estimate of drug-likeness (QED) is 0.708. The Labute approximate surface area is 162 Å². The number of nitrogens with one attached hydrogen (secondary N) is 1. The van der Waals surface area contributed by atoms with Crippen LogP contribution in [0.3, 0.4) is 0 Å². The number of amides is 1. The molecule has 0 aliphatic rings. The van der Waals surface area contributed by atoms with Gasteiger partial charge < -0.3 is 10.1 Å². The van der Waals surface area contributed by atoms with Crippen LogP contribution >= 0.6 is 11.6 Å². The van der Waals surface area contributed by atoms with E-state index in [4.69, 9.17) is 16.3 Å². The van der Waals surface area contributed by atoms with Gasteiger partial charge in [-0.25, -0.2) is 8.42 Å². The van der Waals surface area contributed by atoms with Crippen molar-refractivity contribution < 1.29 is 22.7 Å². The number of halogens is 1. The Morgan fingerprint density at radius 2 is 1.89 bits per heavy atom. The van der Waals surface area contributed by atoms with E-state index in [0.29, 0.717) is 16.3 Å². The number of hydrogen-bond donors (Lipinski definition) is 1. The Hall–Kier alpha value is -2.58. The van der Waals surface area contributed by atoms with Gasteiger partial charge in [0.1, 0.15) is 12.3 Å². The molecule has 27 heavy (non-hydrogen) atoms. The third-order valence-corrected chi connectivity index (χ3v) is 5.01. The molecule has 1 amide bonds. The Kier molecular flexibility index (Phi) is 6.45. The molecular weight excluding hydrogens is 392 g/mol. The van der Waals surface area contributed by atoms with E-state index >= 15 is 0 Å². The molecule has 0 spiro atoms. The van der Waals surface area contributed by atoms with E-state index in [1.807, 2.05) is 0 Å². The molecule has 0 fully saturated rings. The van der Waals surface area contributed by atoms with Gasteiger partial charge in [-0.15, -0.1) is 0 Å². The number of sulfonamides is 1. The van der Waals surface area contributed by atoms with Crippen LogP contribution in [0.5, 0.6) is 5.75 Å². The van der Waals surface area contributed by atoms with Gasteiger partial charge in [-0.1, -0.05) is 23.7 Å². The molecule has 0 bridgehead atoms. The van der Waals surface area contributed by atoms with Gasteiger partial charge in [0, 0.05) is 16.3 Å². The fourth-order valence-electron chi connectivity index (χ4n) is 2.39. The smallest absolute Gasteiger partial charge is 0.245 e. The number of ketones is 1. The summed E-state index contributed by atoms with van der Waals surface area (Å²) in [6, 6.07) is 10.9. The molecule has 2 aromatic rings. The topological polar surface area (TPSA) is 92.8 Å². The van der Waals surface area contributed by atoms with E-state index in [-0.39, 0.29) is 17.2 Å². The van der Waals surface area contributed by atoms with Gasteiger partial charge >= 0.3 is 0 Å². The Morgan fingerprint density at radius 1 is 1.19 bits per heavy atom. The lowest BCUT2D eigenvalue weighted by Crippen LogP contribution is -2.37. The molecule has 9 heteroatoms. The number of nitrogens with zero attached hydrogens (tertiary/aromatic N) is 1. The summed E-state index contributed by atoms with van der Waals surface area (Å²) in [5.74, 6) is -0.466. The van der Waals surface area contributed by atoms with Crippen molar-refractivity contribution in [2.24, 2.45) is 0 Å². The zero-order valence-electron chi connectivity index (χ0n) is 15.0. The molecule has 0 aromatic heterocycles. The minimum absolute atomic E-state index is 0.146. The van der Waals surface area contributed by atoms with Crippen LogP contribution in [0.15, 0.2) is 42.5 Å². The van der Waals surface area contributed by atoms with Crippen LogP contribution in [0.2, 0.25) is 5.02 Å². The van der Waals surface area contributed by atoms with Crippen LogP contribution in [-0.4, -0.2) is 40.0 Å². The molecule has 7 nitrogen and oxygen atoms in total. The number of carbonyl (C=O) groups is 2. The second-order valence-corrected chi connectivity index (χ2v) is 8.11. The highest BCUT2D eigenvalue weighted by Gasteiger charge is 2.24. The normalized spacial score (nSPS) is 11.0. The molecule has 2 aromatic carbocycles. The van der Waals surface area contributed by atoms with Crippen molar-refractivity contribution in [1.29, 1.82) is 0 Å². The van der Waals surface area contributed by atoms with Gasteiger partial charge in [-0.2, -0.15) is 0 Å². The van der Waals surface area contributed by atoms with Crippen molar-refractivity contribution in [3.8, 4) is 5.75 Å². The zero-order chi connectivity index (χ0) is 20.2. The van der Waals surface area contributed by atoms with Crippen molar-refractivity contribution in [1.82, 2.24) is 0 Å². The van der Waals surface area contributed by atoms with E-state index in [9.17, 15) is 18.0 Å². The fourth-order valence-corrected chi connectivity index (χ4v) is 3.40. The minimum atomic E-state index is -3.80. The van der Waals surface area contributed by atoms with Crippen molar-refractivity contribution in [2.75, 3.05) is 29.5 Å². The second-order valence-electron chi connectivity index (χ2n) is 5.77. The van der Waals surface area contributed by atoms with Crippen molar-refractivity contribution in [3.05, 3.63) is 53.1 Å². The Bertz CT molecular complexity index is 975. The van der Waals surface area contributed by atoms with Crippen molar-refractivity contribution >= 4 is 44.7 Å². The van der Waals surface area contributed by atoms with Gasteiger partial charge in [0.2, 0.25) is 15.9 Å². The first-order valence-corrected chi connectivity index (χ1v) is 10.1. The van der Waals surface area contributed by atoms with Crippen LogP contribution in [0.1, 0.15) is 17.3 Å². The van der Waals surface area contributed by atoms with Crippen LogP contribution in [0.4, 0.5) is 11.4 Å². The molecular formula is C18H19ClN2O5S. The highest BCUT2D eigenvalue weighted by molar-refractivity contribution is 7.92. The lowest BCUT2D eigenvalue weighted by atomic mass is 10.1. The summed E-state index contributed by atoms with van der Waals surface area (Å²) in [7, 11) is -2.41. The van der Waals surface area contributed by atoms with Crippen LogP contribution in [-0.2, 0) is 14.8 Å². The number of Topliss-reactive ketones (excluding diaryl/α,β-unsaturated/α-hetero) is 1. The summed E-state index contributed by atoms with van der Waals surface area (Å²) in [6.07, 6.45) is 0.983. The summed E-state index contributed by atoms with van der Waals surface area (Å²) in [5, 5.41) is 2.89. The average Bonchev–Trinajstić information content (AvgIpc) is 2.59. The van der Waals surface area contributed by atoms with Crippen LogP contribution < -0.4 is 14.4 Å². The van der Waals surface area contributed by atoms with E-state index in [1.54, 1.807) is 24.3 Å². The number of anilines is 2. The van der Waals surface area contributed by atoms with Gasteiger partial charge in [-0.3, -0.25) is 13.9 Å². The first kappa shape index (κ1) is 20.7. The van der Waals surface area contributed by atoms with E-state index in [0.717, 1.165) is 10.6 Å². The fraction of sp³-hybridized carbons (Fsp3) is 0.222. The molecule has 144 valence electrons. The first-order valence-electron chi connectivity index (χ1n) is 7.84. The summed E-state index contributed by atoms with van der Waals surface area (Å²) in [6.45, 7) is 0.928. The average molecular weight is 411 g/mol. The number of benzene rings is 2. The summed E-state index contributed by atoms with van der Waals surface area (Å²) in [4.78, 5) is 23.9. The molecule has 0 aliphatic heterocycles. The van der Waals surface area contributed by atoms with Gasteiger partial charge in [-0.05, 0) is 37.3 Å². The maximum Gasteiger partial charge on any atom is 0.245 e. The van der Waals surface area contributed by atoms with E-state index in [1.165, 1.54) is 32.2 Å². The lowest BCUT2D eigenvalue weighted by molar-refractivity contribution is -0.114. The largest absolute Gasteiger partial charge is 0.495 e. The molecule has 0 unspecified atom stereocenters. The van der Waals surface area contributed by atoms with Gasteiger partial charge in [0.15, 0.2) is 5.78 Å². The maximum atomic E-state index is 12.4. The predicted molar refractivity (Wildman–Crippen MR) is 105 cm³/mol. The molecule has 0 radical (unpaired) electrons. The van der Waals surface area contributed by atoms with Gasteiger partial charge in [0.05, 0.1) is 19.1 Å². The molecule has 0 atom stereocenters. The third kappa shape index (κ3) is 5.45.